The van der Waals surface area contributed by atoms with Crippen LogP contribution in [0, 0.1) is 10.8 Å². The van der Waals surface area contributed by atoms with E-state index in [0.29, 0.717) is 26.2 Å². The number of aromatic nitrogens is 4. The number of nitrogens with zero attached hydrogens (tertiary/aromatic N) is 4. The molecular formula is C31H56N4O5. The summed E-state index contributed by atoms with van der Waals surface area (Å²) in [5.74, 6) is 0.0903. The average Bonchev–Trinajstić information content (AvgIpc) is 3.33. The fourth-order valence-electron chi connectivity index (χ4n) is 5.65. The van der Waals surface area contributed by atoms with E-state index in [9.17, 15) is 19.8 Å². The van der Waals surface area contributed by atoms with E-state index in [1.165, 1.54) is 30.7 Å². The fraction of sp³-hybridized carbons (Fsp3) is 0.806. The molecule has 0 saturated heterocycles. The van der Waals surface area contributed by atoms with Gasteiger partial charge in [-0.3, -0.25) is 18.3 Å². The molecule has 0 radical (unpaired) electrons. The number of ether oxygens (including phenoxy) is 1. The summed E-state index contributed by atoms with van der Waals surface area (Å²) in [5, 5.41) is 20.1. The van der Waals surface area contributed by atoms with E-state index in [-0.39, 0.29) is 40.1 Å². The van der Waals surface area contributed by atoms with Crippen molar-refractivity contribution in [1.82, 2.24) is 18.3 Å². The van der Waals surface area contributed by atoms with Crippen LogP contribution in [0.4, 0.5) is 0 Å². The molecule has 9 nitrogen and oxygen atoms in total. The van der Waals surface area contributed by atoms with E-state index in [1.807, 2.05) is 13.8 Å². The van der Waals surface area contributed by atoms with Gasteiger partial charge < -0.3 is 14.9 Å². The van der Waals surface area contributed by atoms with Crippen LogP contribution in [0.3, 0.4) is 0 Å². The van der Waals surface area contributed by atoms with Crippen LogP contribution in [0.2, 0.25) is 0 Å². The summed E-state index contributed by atoms with van der Waals surface area (Å²) in [6.45, 7) is 18.0. The van der Waals surface area contributed by atoms with Crippen LogP contribution in [-0.2, 0) is 30.9 Å². The number of unbranched alkanes of at least 4 members (excludes halogenated alkanes) is 2. The van der Waals surface area contributed by atoms with E-state index in [4.69, 9.17) is 4.74 Å². The van der Waals surface area contributed by atoms with Crippen LogP contribution in [-0.4, -0.2) is 41.2 Å². The van der Waals surface area contributed by atoms with Gasteiger partial charge in [-0.05, 0) is 69.6 Å². The zero-order valence-corrected chi connectivity index (χ0v) is 26.2. The van der Waals surface area contributed by atoms with E-state index in [1.54, 1.807) is 0 Å². The molecule has 0 bridgehead atoms. The van der Waals surface area contributed by atoms with Crippen molar-refractivity contribution in [2.24, 2.45) is 10.8 Å². The quantitative estimate of drug-likeness (QED) is 0.189. The van der Waals surface area contributed by atoms with Gasteiger partial charge in [-0.25, -0.2) is 9.59 Å². The first-order valence-corrected chi connectivity index (χ1v) is 15.5. The molecule has 0 aromatic carbocycles. The largest absolute Gasteiger partial charge is 0.493 e. The van der Waals surface area contributed by atoms with Crippen molar-refractivity contribution < 1.29 is 14.9 Å². The highest BCUT2D eigenvalue weighted by molar-refractivity contribution is 5.05. The van der Waals surface area contributed by atoms with Crippen molar-refractivity contribution in [2.75, 3.05) is 6.61 Å². The van der Waals surface area contributed by atoms with Crippen LogP contribution in [0.1, 0.15) is 113 Å². The summed E-state index contributed by atoms with van der Waals surface area (Å²) in [4.78, 5) is 24.6. The Bertz CT molecular complexity index is 1140. The molecule has 0 spiro atoms. The standard InChI is InChI=1S/C31H56N4O5/c1-8-16-25(31(6,7)19-15-21-35-27(37)24-33(10-3)29(35)39)40-22-14-12-18-30(4,5)17-11-13-20-34-26(36)23-32(9-2)28(34)38/h23-25,36-37H,8-22H2,1-7H3. The number of hydrogen-bond donors (Lipinski definition) is 2. The number of rotatable bonds is 20. The topological polar surface area (TPSA) is 104 Å². The summed E-state index contributed by atoms with van der Waals surface area (Å²) in [7, 11) is 0. The van der Waals surface area contributed by atoms with Crippen molar-refractivity contribution in [3.8, 4) is 11.8 Å². The highest BCUT2D eigenvalue weighted by atomic mass is 16.5. The predicted octanol–water partition coefficient (Wildman–Crippen LogP) is 6.12. The molecule has 9 heteroatoms. The molecule has 2 aromatic heterocycles. The average molecular weight is 565 g/mol. The first-order valence-electron chi connectivity index (χ1n) is 15.5. The van der Waals surface area contributed by atoms with Gasteiger partial charge in [0.15, 0.2) is 0 Å². The molecule has 2 rings (SSSR count). The van der Waals surface area contributed by atoms with Crippen LogP contribution < -0.4 is 11.4 Å². The molecule has 0 saturated carbocycles. The second-order valence-corrected chi connectivity index (χ2v) is 12.7. The maximum absolute atomic E-state index is 12.4. The molecule has 2 N–H and O–H groups in total. The van der Waals surface area contributed by atoms with Gasteiger partial charge in [0.05, 0.1) is 18.5 Å². The maximum Gasteiger partial charge on any atom is 0.331 e. The van der Waals surface area contributed by atoms with E-state index < -0.39 is 0 Å². The summed E-state index contributed by atoms with van der Waals surface area (Å²) >= 11 is 0. The molecule has 1 unspecified atom stereocenters. The lowest BCUT2D eigenvalue weighted by atomic mass is 9.80. The minimum atomic E-state index is -0.149. The first-order chi connectivity index (χ1) is 18.9. The molecule has 230 valence electrons. The van der Waals surface area contributed by atoms with Gasteiger partial charge in [-0.15, -0.1) is 0 Å². The highest BCUT2D eigenvalue weighted by Crippen LogP contribution is 2.33. The lowest BCUT2D eigenvalue weighted by Gasteiger charge is -2.34. The number of aromatic hydroxyl groups is 2. The number of hydrogen-bond acceptors (Lipinski definition) is 5. The molecule has 2 aromatic rings. The maximum atomic E-state index is 12.4. The Morgan fingerprint density at radius 2 is 1.25 bits per heavy atom. The molecule has 40 heavy (non-hydrogen) atoms. The van der Waals surface area contributed by atoms with E-state index in [0.717, 1.165) is 70.8 Å². The number of aryl methyl sites for hydroxylation is 2. The van der Waals surface area contributed by atoms with Crippen molar-refractivity contribution in [3.05, 3.63) is 33.4 Å². The third-order valence-corrected chi connectivity index (χ3v) is 8.41. The lowest BCUT2D eigenvalue weighted by molar-refractivity contribution is -0.0376. The SMILES string of the molecule is CCCC(OCCCCC(C)(C)CCCCn1c(O)cn(CC)c1=O)C(C)(C)CCCn1c(O)cn(CC)c1=O. The summed E-state index contributed by atoms with van der Waals surface area (Å²) < 4.78 is 12.4. The zero-order valence-electron chi connectivity index (χ0n) is 26.2. The van der Waals surface area contributed by atoms with Crippen molar-refractivity contribution in [1.29, 1.82) is 0 Å². The normalized spacial score (nSPS) is 13.3. The van der Waals surface area contributed by atoms with Crippen LogP contribution >= 0.6 is 0 Å². The fourth-order valence-corrected chi connectivity index (χ4v) is 5.65. The third kappa shape index (κ3) is 9.60. The molecule has 0 aliphatic rings. The number of imidazole rings is 2. The van der Waals surface area contributed by atoms with Gasteiger partial charge in [-0.2, -0.15) is 0 Å². The van der Waals surface area contributed by atoms with Gasteiger partial charge in [-0.1, -0.05) is 53.9 Å². The predicted molar refractivity (Wildman–Crippen MR) is 161 cm³/mol. The molecule has 2 heterocycles. The highest BCUT2D eigenvalue weighted by Gasteiger charge is 2.29. The van der Waals surface area contributed by atoms with Crippen molar-refractivity contribution in [2.45, 2.75) is 145 Å². The van der Waals surface area contributed by atoms with Crippen LogP contribution in [0.5, 0.6) is 11.8 Å². The molecule has 0 aliphatic carbocycles. The summed E-state index contributed by atoms with van der Waals surface area (Å²) in [6, 6.07) is 0. The molecule has 1 atom stereocenters. The second-order valence-electron chi connectivity index (χ2n) is 12.7. The second kappa shape index (κ2) is 15.5. The Labute approximate surface area is 240 Å². The zero-order chi connectivity index (χ0) is 29.9. The third-order valence-electron chi connectivity index (χ3n) is 8.41. The molecular weight excluding hydrogens is 508 g/mol. The van der Waals surface area contributed by atoms with Gasteiger partial charge in [0.1, 0.15) is 0 Å². The Morgan fingerprint density at radius 3 is 1.73 bits per heavy atom. The van der Waals surface area contributed by atoms with Crippen LogP contribution in [0.15, 0.2) is 22.0 Å². The van der Waals surface area contributed by atoms with E-state index in [2.05, 4.69) is 34.6 Å². The Morgan fingerprint density at radius 1 is 0.750 bits per heavy atom. The van der Waals surface area contributed by atoms with Crippen molar-refractivity contribution in [3.63, 3.8) is 0 Å². The smallest absolute Gasteiger partial charge is 0.331 e. The van der Waals surface area contributed by atoms with Gasteiger partial charge in [0.2, 0.25) is 11.8 Å². The minimum absolute atomic E-state index is 0.0175. The van der Waals surface area contributed by atoms with Gasteiger partial charge in [0.25, 0.3) is 0 Å². The Hall–Kier alpha value is -2.42. The summed E-state index contributed by atoms with van der Waals surface area (Å²) in [5.41, 5.74) is -0.0740. The van der Waals surface area contributed by atoms with Crippen LogP contribution in [0.25, 0.3) is 0 Å². The van der Waals surface area contributed by atoms with Gasteiger partial charge in [0, 0.05) is 32.8 Å². The Balaban J connectivity index is 1.72. The minimum Gasteiger partial charge on any atom is -0.493 e. The van der Waals surface area contributed by atoms with E-state index >= 15 is 0 Å². The van der Waals surface area contributed by atoms with Crippen molar-refractivity contribution >= 4 is 0 Å². The lowest BCUT2D eigenvalue weighted by Crippen LogP contribution is -2.33. The molecule has 0 fully saturated rings. The monoisotopic (exact) mass is 564 g/mol. The molecule has 0 amide bonds. The summed E-state index contributed by atoms with van der Waals surface area (Å²) in [6.07, 6.45) is 13.2. The first kappa shape index (κ1) is 33.8. The Kier molecular flexibility index (Phi) is 13.1. The molecule has 0 aliphatic heterocycles. The van der Waals surface area contributed by atoms with Gasteiger partial charge >= 0.3 is 11.4 Å².